The average molecular weight is 398 g/mol. The van der Waals surface area contributed by atoms with Gasteiger partial charge in [0.1, 0.15) is 11.4 Å². The quantitative estimate of drug-likeness (QED) is 0.549. The number of ether oxygens (including phenoxy) is 1. The summed E-state index contributed by atoms with van der Waals surface area (Å²) < 4.78 is 5.24. The van der Waals surface area contributed by atoms with Gasteiger partial charge in [0, 0.05) is 43.0 Å². The number of rotatable bonds is 5. The fourth-order valence-corrected chi connectivity index (χ4v) is 3.26. The molecule has 2 heterocycles. The molecule has 0 unspecified atom stereocenters. The van der Waals surface area contributed by atoms with E-state index in [1.165, 1.54) is 0 Å². The van der Waals surface area contributed by atoms with E-state index in [1.54, 1.807) is 13.3 Å². The van der Waals surface area contributed by atoms with Crippen molar-refractivity contribution in [2.24, 2.45) is 0 Å². The molecule has 150 valence electrons. The van der Waals surface area contributed by atoms with Crippen LogP contribution in [0.2, 0.25) is 0 Å². The predicted octanol–water partition coefficient (Wildman–Crippen LogP) is 4.05. The van der Waals surface area contributed by atoms with Crippen LogP contribution in [0.25, 0.3) is 33.9 Å². The van der Waals surface area contributed by atoms with E-state index in [0.29, 0.717) is 17.0 Å². The van der Waals surface area contributed by atoms with E-state index in [1.807, 2.05) is 85.7 Å². The number of pyridine rings is 1. The number of aromatic nitrogens is 3. The Balaban J connectivity index is 1.75. The fraction of sp³-hybridized carbons (Fsp3) is 0.125. The molecule has 0 saturated carbocycles. The number of nitrogens with zero attached hydrogens (tertiary/aromatic N) is 3. The van der Waals surface area contributed by atoms with Crippen molar-refractivity contribution in [1.82, 2.24) is 19.9 Å². The summed E-state index contributed by atoms with van der Waals surface area (Å²) in [5, 5.41) is 0.779. The van der Waals surface area contributed by atoms with Crippen LogP contribution in [-0.4, -0.2) is 41.1 Å². The van der Waals surface area contributed by atoms with Crippen molar-refractivity contribution in [3.63, 3.8) is 0 Å². The molecule has 1 N–H and O–H groups in total. The number of fused-ring (bicyclic) bond motifs is 1. The highest BCUT2D eigenvalue weighted by atomic mass is 16.5. The van der Waals surface area contributed by atoms with E-state index >= 15 is 0 Å². The highest BCUT2D eigenvalue weighted by Crippen LogP contribution is 2.23. The zero-order valence-corrected chi connectivity index (χ0v) is 17.1. The van der Waals surface area contributed by atoms with Crippen molar-refractivity contribution in [2.75, 3.05) is 21.2 Å². The van der Waals surface area contributed by atoms with Gasteiger partial charge in [-0.3, -0.25) is 4.79 Å². The smallest absolute Gasteiger partial charge is 0.257 e. The molecule has 0 aliphatic rings. The van der Waals surface area contributed by atoms with Gasteiger partial charge in [-0.1, -0.05) is 30.3 Å². The van der Waals surface area contributed by atoms with Crippen LogP contribution in [-0.2, 0) is 0 Å². The van der Waals surface area contributed by atoms with E-state index in [9.17, 15) is 4.79 Å². The number of methoxy groups -OCH3 is 1. The third-order valence-corrected chi connectivity index (χ3v) is 4.83. The Labute approximate surface area is 174 Å². The maximum Gasteiger partial charge on any atom is 0.257 e. The van der Waals surface area contributed by atoms with Crippen LogP contribution >= 0.6 is 0 Å². The van der Waals surface area contributed by atoms with Crippen molar-refractivity contribution in [3.8, 4) is 16.9 Å². The Morgan fingerprint density at radius 2 is 1.80 bits per heavy atom. The van der Waals surface area contributed by atoms with Gasteiger partial charge in [-0.05, 0) is 41.5 Å². The second-order valence-electron chi connectivity index (χ2n) is 7.06. The number of hydrogen-bond acceptors (Lipinski definition) is 5. The lowest BCUT2D eigenvalue weighted by Gasteiger charge is -2.17. The van der Waals surface area contributed by atoms with E-state index in [4.69, 9.17) is 4.74 Å². The summed E-state index contributed by atoms with van der Waals surface area (Å²) in [4.78, 5) is 26.5. The minimum absolute atomic E-state index is 0.176. The minimum atomic E-state index is -0.176. The summed E-state index contributed by atoms with van der Waals surface area (Å²) in [7, 11) is 5.57. The lowest BCUT2D eigenvalue weighted by molar-refractivity contribution is 0.414. The Bertz CT molecular complexity index is 1260. The zero-order valence-electron chi connectivity index (χ0n) is 17.1. The molecular weight excluding hydrogens is 376 g/mol. The summed E-state index contributed by atoms with van der Waals surface area (Å²) in [5.74, 6) is 1.32. The maximum atomic E-state index is 12.6. The molecule has 2 aromatic heterocycles. The average Bonchev–Trinajstić information content (AvgIpc) is 2.77. The maximum absolute atomic E-state index is 12.6. The summed E-state index contributed by atoms with van der Waals surface area (Å²) >= 11 is 0. The topological polar surface area (TPSA) is 71.1 Å². The first kappa shape index (κ1) is 19.4. The highest BCUT2D eigenvalue weighted by Gasteiger charge is 2.09. The fourth-order valence-electron chi connectivity index (χ4n) is 3.26. The molecule has 0 spiro atoms. The van der Waals surface area contributed by atoms with Gasteiger partial charge in [0.15, 0.2) is 5.82 Å². The molecule has 0 amide bonds. The lowest BCUT2D eigenvalue weighted by Crippen LogP contribution is -2.11. The number of hydrogen-bond donors (Lipinski definition) is 1. The van der Waals surface area contributed by atoms with Gasteiger partial charge in [-0.15, -0.1) is 0 Å². The van der Waals surface area contributed by atoms with Crippen LogP contribution in [0.4, 0.5) is 0 Å². The number of nitrogens with one attached hydrogen (secondary N) is 1. The van der Waals surface area contributed by atoms with E-state index in [0.717, 1.165) is 28.0 Å². The van der Waals surface area contributed by atoms with Gasteiger partial charge in [-0.25, -0.2) is 9.97 Å². The van der Waals surface area contributed by atoms with Crippen LogP contribution in [0.1, 0.15) is 11.4 Å². The molecule has 0 radical (unpaired) electrons. The van der Waals surface area contributed by atoms with Crippen molar-refractivity contribution in [2.45, 2.75) is 0 Å². The molecule has 4 rings (SSSR count). The van der Waals surface area contributed by atoms with Crippen molar-refractivity contribution < 1.29 is 4.74 Å². The second-order valence-corrected chi connectivity index (χ2v) is 7.06. The van der Waals surface area contributed by atoms with Crippen LogP contribution in [0.5, 0.6) is 5.75 Å². The first-order valence-corrected chi connectivity index (χ1v) is 9.54. The van der Waals surface area contributed by atoms with Crippen LogP contribution in [0.15, 0.2) is 71.7 Å². The summed E-state index contributed by atoms with van der Waals surface area (Å²) in [5.41, 5.74) is 3.75. The Morgan fingerprint density at radius 1 is 1.07 bits per heavy atom. The molecule has 6 heteroatoms. The monoisotopic (exact) mass is 398 g/mol. The molecular formula is C24H22N4O2. The summed E-state index contributed by atoms with van der Waals surface area (Å²) in [6.45, 7) is 0. The first-order chi connectivity index (χ1) is 14.5. The van der Waals surface area contributed by atoms with Gasteiger partial charge >= 0.3 is 0 Å². The minimum Gasteiger partial charge on any atom is -0.497 e. The van der Waals surface area contributed by atoms with Gasteiger partial charge in [0.2, 0.25) is 0 Å². The predicted molar refractivity (Wildman–Crippen MR) is 120 cm³/mol. The molecule has 30 heavy (non-hydrogen) atoms. The Morgan fingerprint density at radius 3 is 2.47 bits per heavy atom. The third kappa shape index (κ3) is 3.93. The molecule has 0 fully saturated rings. The molecule has 0 aliphatic heterocycles. The first-order valence-electron chi connectivity index (χ1n) is 9.54. The van der Waals surface area contributed by atoms with Crippen molar-refractivity contribution in [3.05, 3.63) is 88.6 Å². The van der Waals surface area contributed by atoms with Gasteiger partial charge in [0.25, 0.3) is 5.56 Å². The molecule has 4 aromatic rings. The molecule has 2 aromatic carbocycles. The van der Waals surface area contributed by atoms with E-state index < -0.39 is 0 Å². The van der Waals surface area contributed by atoms with Crippen molar-refractivity contribution >= 4 is 22.8 Å². The van der Waals surface area contributed by atoms with Gasteiger partial charge in [-0.2, -0.15) is 0 Å². The molecule has 0 bridgehead atoms. The SMILES string of the molecule is COc1ccc(C(=Cc2ncc3cc(-c4ccccc4)c(=O)[nH]c3n2)N(C)C)cc1. The summed E-state index contributed by atoms with van der Waals surface area (Å²) in [6.07, 6.45) is 3.63. The Kier molecular flexibility index (Phi) is 5.30. The Hall–Kier alpha value is -3.93. The standard InChI is InChI=1S/C24H22N4O2/c1-28(2)21(17-9-11-19(30-3)12-10-17)14-22-25-15-18-13-20(16-7-5-4-6-8-16)24(29)27-23(18)26-22/h4-15H,1-3H3,(H,25,26,27,29). The normalized spacial score (nSPS) is 11.5. The van der Waals surface area contributed by atoms with Gasteiger partial charge < -0.3 is 14.6 Å². The zero-order chi connectivity index (χ0) is 21.1. The van der Waals surface area contributed by atoms with Crippen LogP contribution in [0, 0.1) is 0 Å². The van der Waals surface area contributed by atoms with Gasteiger partial charge in [0.05, 0.1) is 7.11 Å². The second kappa shape index (κ2) is 8.21. The molecule has 0 aliphatic carbocycles. The number of H-pyrrole nitrogens is 1. The molecule has 0 atom stereocenters. The van der Waals surface area contributed by atoms with Crippen molar-refractivity contribution in [1.29, 1.82) is 0 Å². The van der Waals surface area contributed by atoms with Crippen LogP contribution in [0.3, 0.4) is 0 Å². The molecule has 0 saturated heterocycles. The largest absolute Gasteiger partial charge is 0.497 e. The molecule has 6 nitrogen and oxygen atoms in total. The summed E-state index contributed by atoms with van der Waals surface area (Å²) in [6, 6.07) is 19.2. The van der Waals surface area contributed by atoms with E-state index in [-0.39, 0.29) is 5.56 Å². The lowest BCUT2D eigenvalue weighted by atomic mass is 10.1. The highest BCUT2D eigenvalue weighted by molar-refractivity contribution is 5.83. The number of aromatic amines is 1. The third-order valence-electron chi connectivity index (χ3n) is 4.83. The van der Waals surface area contributed by atoms with E-state index in [2.05, 4.69) is 15.0 Å². The number of benzene rings is 2. The van der Waals surface area contributed by atoms with Crippen LogP contribution < -0.4 is 10.3 Å².